The second kappa shape index (κ2) is 9.63. The molecule has 1 fully saturated rings. The molecule has 2 atom stereocenters. The molecule has 3 rings (SSSR count). The van der Waals surface area contributed by atoms with E-state index in [9.17, 15) is 18.0 Å². The van der Waals surface area contributed by atoms with Crippen molar-refractivity contribution in [1.82, 2.24) is 10.2 Å². The Morgan fingerprint density at radius 2 is 1.81 bits per heavy atom. The molecule has 2 aromatic rings. The van der Waals surface area contributed by atoms with Gasteiger partial charge in [-0.25, -0.2) is 0 Å². The molecule has 174 valence electrons. The molecule has 2 unspecified atom stereocenters. The van der Waals surface area contributed by atoms with Crippen LogP contribution in [0.2, 0.25) is 0 Å². The molecule has 1 saturated heterocycles. The third kappa shape index (κ3) is 5.90. The highest BCUT2D eigenvalue weighted by Crippen LogP contribution is 2.43. The number of rotatable bonds is 5. The van der Waals surface area contributed by atoms with Gasteiger partial charge in [0, 0.05) is 25.7 Å². The van der Waals surface area contributed by atoms with Gasteiger partial charge in [-0.2, -0.15) is 13.2 Å². The summed E-state index contributed by atoms with van der Waals surface area (Å²) in [5, 5.41) is 3.27. The van der Waals surface area contributed by atoms with Gasteiger partial charge in [0.2, 0.25) is 0 Å². The Morgan fingerprint density at radius 3 is 2.44 bits per heavy atom. The fourth-order valence-corrected chi connectivity index (χ4v) is 4.33. The molecule has 7 heteroatoms. The van der Waals surface area contributed by atoms with E-state index in [0.29, 0.717) is 25.2 Å². The van der Waals surface area contributed by atoms with E-state index in [4.69, 9.17) is 4.74 Å². The zero-order valence-corrected chi connectivity index (χ0v) is 19.0. The number of ether oxygens (including phenoxy) is 1. The van der Waals surface area contributed by atoms with Gasteiger partial charge in [0.05, 0.1) is 12.1 Å². The van der Waals surface area contributed by atoms with Gasteiger partial charge >= 0.3 is 12.1 Å². The second-order valence-electron chi connectivity index (χ2n) is 9.25. The smallest absolute Gasteiger partial charge is 0.417 e. The fourth-order valence-electron chi connectivity index (χ4n) is 4.33. The monoisotopic (exact) mass is 448 g/mol. The number of esters is 1. The van der Waals surface area contributed by atoms with Gasteiger partial charge in [-0.3, -0.25) is 9.69 Å². The van der Waals surface area contributed by atoms with Crippen molar-refractivity contribution in [1.29, 1.82) is 0 Å². The van der Waals surface area contributed by atoms with Crippen molar-refractivity contribution < 1.29 is 22.7 Å². The van der Waals surface area contributed by atoms with Crippen LogP contribution in [-0.4, -0.2) is 48.7 Å². The zero-order chi connectivity index (χ0) is 23.5. The maximum atomic E-state index is 14.3. The van der Waals surface area contributed by atoms with E-state index >= 15 is 0 Å². The second-order valence-corrected chi connectivity index (χ2v) is 9.25. The summed E-state index contributed by atoms with van der Waals surface area (Å²) in [5.41, 5.74) is -0.283. The van der Waals surface area contributed by atoms with Crippen molar-refractivity contribution in [3.8, 4) is 11.1 Å². The minimum Gasteiger partial charge on any atom is -0.459 e. The van der Waals surface area contributed by atoms with E-state index in [2.05, 4.69) is 5.32 Å². The maximum Gasteiger partial charge on any atom is 0.417 e. The fraction of sp³-hybridized carbons (Fsp3) is 0.480. The SMILES string of the molecule is CC(c1cccc(-c2ccccc2)c1C(F)(F)F)C1CNCCN1CC(=O)OC(C)(C)C. The quantitative estimate of drug-likeness (QED) is 0.647. The highest BCUT2D eigenvalue weighted by molar-refractivity contribution is 5.72. The Morgan fingerprint density at radius 1 is 1.12 bits per heavy atom. The molecule has 0 saturated carbocycles. The predicted molar refractivity (Wildman–Crippen MR) is 119 cm³/mol. The lowest BCUT2D eigenvalue weighted by Gasteiger charge is -2.40. The molecule has 32 heavy (non-hydrogen) atoms. The lowest BCUT2D eigenvalue weighted by Crippen LogP contribution is -2.55. The minimum absolute atomic E-state index is 0.0493. The lowest BCUT2D eigenvalue weighted by molar-refractivity contribution is -0.157. The van der Waals surface area contributed by atoms with E-state index in [0.717, 1.165) is 0 Å². The highest BCUT2D eigenvalue weighted by atomic mass is 19.4. The Bertz CT molecular complexity index is 923. The first-order valence-corrected chi connectivity index (χ1v) is 10.9. The van der Waals surface area contributed by atoms with Crippen molar-refractivity contribution in [3.05, 3.63) is 59.7 Å². The van der Waals surface area contributed by atoms with Crippen molar-refractivity contribution >= 4 is 5.97 Å². The molecule has 0 aliphatic carbocycles. The summed E-state index contributed by atoms with van der Waals surface area (Å²) in [4.78, 5) is 14.4. The van der Waals surface area contributed by atoms with E-state index < -0.39 is 23.3 Å². The van der Waals surface area contributed by atoms with E-state index in [1.54, 1.807) is 70.2 Å². The first-order valence-electron chi connectivity index (χ1n) is 10.9. The van der Waals surface area contributed by atoms with E-state index in [1.165, 1.54) is 6.07 Å². The van der Waals surface area contributed by atoms with Crippen LogP contribution in [0.3, 0.4) is 0 Å². The number of hydrogen-bond acceptors (Lipinski definition) is 4. The number of hydrogen-bond donors (Lipinski definition) is 1. The summed E-state index contributed by atoms with van der Waals surface area (Å²) in [6, 6.07) is 13.1. The number of halogens is 3. The lowest BCUT2D eigenvalue weighted by atomic mass is 9.84. The Hall–Kier alpha value is -2.38. The largest absolute Gasteiger partial charge is 0.459 e. The van der Waals surface area contributed by atoms with Crippen LogP contribution >= 0.6 is 0 Å². The molecule has 0 spiro atoms. The maximum absolute atomic E-state index is 14.3. The normalized spacial score (nSPS) is 18.9. The summed E-state index contributed by atoms with van der Waals surface area (Å²) in [5.74, 6) is -0.823. The van der Waals surface area contributed by atoms with Gasteiger partial charge in [0.15, 0.2) is 0 Å². The summed E-state index contributed by atoms with van der Waals surface area (Å²) in [6.07, 6.45) is -4.51. The van der Waals surface area contributed by atoms with Crippen molar-refractivity contribution in [2.45, 2.75) is 51.4 Å². The number of alkyl halides is 3. The van der Waals surface area contributed by atoms with Crippen LogP contribution in [0.1, 0.15) is 44.7 Å². The number of nitrogens with one attached hydrogen (secondary N) is 1. The van der Waals surface area contributed by atoms with Gasteiger partial charge in [-0.05, 0) is 43.4 Å². The molecule has 4 nitrogen and oxygen atoms in total. The van der Waals surface area contributed by atoms with Crippen molar-refractivity contribution in [3.63, 3.8) is 0 Å². The molecule has 1 N–H and O–H groups in total. The van der Waals surface area contributed by atoms with E-state index in [1.807, 2.05) is 4.90 Å². The van der Waals surface area contributed by atoms with Crippen molar-refractivity contribution in [2.24, 2.45) is 0 Å². The summed E-state index contributed by atoms with van der Waals surface area (Å²) in [6.45, 7) is 8.98. The van der Waals surface area contributed by atoms with Crippen LogP contribution in [0.5, 0.6) is 0 Å². The zero-order valence-electron chi connectivity index (χ0n) is 19.0. The molecule has 2 aromatic carbocycles. The van der Waals surface area contributed by atoms with Crippen LogP contribution in [0.15, 0.2) is 48.5 Å². The molecular weight excluding hydrogens is 417 g/mol. The Labute approximate surface area is 187 Å². The van der Waals surface area contributed by atoms with Gasteiger partial charge in [0.25, 0.3) is 0 Å². The Kier molecular flexibility index (Phi) is 7.30. The average molecular weight is 449 g/mol. The summed E-state index contributed by atoms with van der Waals surface area (Å²) >= 11 is 0. The van der Waals surface area contributed by atoms with Crippen molar-refractivity contribution in [2.75, 3.05) is 26.2 Å². The highest BCUT2D eigenvalue weighted by Gasteiger charge is 2.40. The van der Waals surface area contributed by atoms with Gasteiger partial charge in [0.1, 0.15) is 5.60 Å². The summed E-state index contributed by atoms with van der Waals surface area (Å²) < 4.78 is 48.4. The average Bonchev–Trinajstić information content (AvgIpc) is 2.71. The van der Waals surface area contributed by atoms with E-state index in [-0.39, 0.29) is 29.7 Å². The number of carbonyl (C=O) groups is 1. The first kappa shape index (κ1) is 24.3. The third-order valence-corrected chi connectivity index (χ3v) is 5.68. The molecule has 0 bridgehead atoms. The molecule has 0 amide bonds. The molecule has 1 heterocycles. The number of piperazine rings is 1. The Balaban J connectivity index is 1.96. The van der Waals surface area contributed by atoms with Crippen LogP contribution in [-0.2, 0) is 15.7 Å². The molecule has 1 aliphatic rings. The standard InChI is InChI=1S/C25H31F3N2O2/c1-17(21-15-29-13-14-30(21)16-22(31)32-24(2,3)4)19-11-8-12-20(23(19)25(26,27)28)18-9-6-5-7-10-18/h5-12,17,21,29H,13-16H2,1-4H3. The third-order valence-electron chi connectivity index (χ3n) is 5.68. The predicted octanol–water partition coefficient (Wildman–Crippen LogP) is 5.09. The number of benzene rings is 2. The van der Waals surface area contributed by atoms with Crippen LogP contribution in [0.4, 0.5) is 13.2 Å². The number of carbonyl (C=O) groups excluding carboxylic acids is 1. The molecule has 0 aromatic heterocycles. The van der Waals surface area contributed by atoms with Gasteiger partial charge in [-0.15, -0.1) is 0 Å². The van der Waals surface area contributed by atoms with Gasteiger partial charge in [-0.1, -0.05) is 55.5 Å². The molecule has 0 radical (unpaired) electrons. The topological polar surface area (TPSA) is 41.6 Å². The molecule has 1 aliphatic heterocycles. The number of nitrogens with zero attached hydrogens (tertiary/aromatic N) is 1. The van der Waals surface area contributed by atoms with Gasteiger partial charge < -0.3 is 10.1 Å². The van der Waals surface area contributed by atoms with Crippen LogP contribution < -0.4 is 5.32 Å². The summed E-state index contributed by atoms with van der Waals surface area (Å²) in [7, 11) is 0. The first-order chi connectivity index (χ1) is 15.0. The van der Waals surface area contributed by atoms with Crippen LogP contribution in [0, 0.1) is 0 Å². The minimum atomic E-state index is -4.51. The molecular formula is C25H31F3N2O2. The van der Waals surface area contributed by atoms with Crippen LogP contribution in [0.25, 0.3) is 11.1 Å².